The average molecular weight is 293 g/mol. The van der Waals surface area contributed by atoms with E-state index in [1.165, 1.54) is 4.90 Å². The summed E-state index contributed by atoms with van der Waals surface area (Å²) >= 11 is 0. The molecule has 2 amide bonds. The number of nitrogens with one attached hydrogen (secondary N) is 1. The summed E-state index contributed by atoms with van der Waals surface area (Å²) in [6, 6.07) is 6.91. The van der Waals surface area contributed by atoms with Crippen molar-refractivity contribution in [2.75, 3.05) is 30.9 Å². The highest BCUT2D eigenvalue weighted by Gasteiger charge is 2.28. The van der Waals surface area contributed by atoms with Crippen molar-refractivity contribution in [3.63, 3.8) is 0 Å². The standard InChI is InChI=1S/C15H23N3O3/c1-15(2,3)18(10-13(19)20)14(21)16-11-6-8-12(9-7-11)17(4)5/h6-9H,10H2,1-5H3,(H,16,21)(H,19,20). The van der Waals surface area contributed by atoms with E-state index in [1.54, 1.807) is 32.9 Å². The molecular formula is C15H23N3O3. The molecule has 0 fully saturated rings. The van der Waals surface area contributed by atoms with E-state index in [1.807, 2.05) is 31.1 Å². The molecule has 6 heteroatoms. The van der Waals surface area contributed by atoms with Crippen LogP contribution >= 0.6 is 0 Å². The van der Waals surface area contributed by atoms with E-state index in [-0.39, 0.29) is 6.54 Å². The first kappa shape index (κ1) is 16.8. The lowest BCUT2D eigenvalue weighted by molar-refractivity contribution is -0.138. The lowest BCUT2D eigenvalue weighted by Gasteiger charge is -2.34. The van der Waals surface area contributed by atoms with Crippen LogP contribution in [0, 0.1) is 0 Å². The van der Waals surface area contributed by atoms with Crippen molar-refractivity contribution in [1.82, 2.24) is 4.90 Å². The Morgan fingerprint density at radius 3 is 2.05 bits per heavy atom. The summed E-state index contributed by atoms with van der Waals surface area (Å²) in [6.07, 6.45) is 0. The lowest BCUT2D eigenvalue weighted by atomic mass is 10.1. The Morgan fingerprint density at radius 1 is 1.14 bits per heavy atom. The molecular weight excluding hydrogens is 270 g/mol. The zero-order valence-corrected chi connectivity index (χ0v) is 13.2. The zero-order chi connectivity index (χ0) is 16.2. The fourth-order valence-electron chi connectivity index (χ4n) is 1.78. The molecule has 0 aromatic heterocycles. The summed E-state index contributed by atoms with van der Waals surface area (Å²) in [6.45, 7) is 5.05. The van der Waals surface area contributed by atoms with Gasteiger partial charge in [0.1, 0.15) is 6.54 Å². The first-order valence-corrected chi connectivity index (χ1v) is 6.69. The number of rotatable bonds is 4. The van der Waals surface area contributed by atoms with Crippen LogP contribution in [-0.4, -0.2) is 48.2 Å². The summed E-state index contributed by atoms with van der Waals surface area (Å²) in [5, 5.41) is 11.7. The van der Waals surface area contributed by atoms with Gasteiger partial charge < -0.3 is 20.2 Å². The smallest absolute Gasteiger partial charge is 0.323 e. The third-order valence-corrected chi connectivity index (χ3v) is 2.98. The molecule has 0 radical (unpaired) electrons. The number of carboxylic acids is 1. The van der Waals surface area contributed by atoms with Gasteiger partial charge in [0.15, 0.2) is 0 Å². The van der Waals surface area contributed by atoms with Crippen molar-refractivity contribution in [3.8, 4) is 0 Å². The van der Waals surface area contributed by atoms with Gasteiger partial charge in [0, 0.05) is 31.0 Å². The van der Waals surface area contributed by atoms with Crippen molar-refractivity contribution in [2.24, 2.45) is 0 Å². The molecule has 0 saturated carbocycles. The summed E-state index contributed by atoms with van der Waals surface area (Å²) in [5.41, 5.74) is 1.07. The number of nitrogens with zero attached hydrogens (tertiary/aromatic N) is 2. The fraction of sp³-hybridized carbons (Fsp3) is 0.467. The molecule has 1 rings (SSSR count). The average Bonchev–Trinajstić information content (AvgIpc) is 2.35. The number of carboxylic acid groups (broad SMARTS) is 1. The summed E-state index contributed by atoms with van der Waals surface area (Å²) in [5.74, 6) is -1.04. The minimum absolute atomic E-state index is 0.342. The first-order valence-electron chi connectivity index (χ1n) is 6.69. The molecule has 0 aliphatic rings. The fourth-order valence-corrected chi connectivity index (χ4v) is 1.78. The van der Waals surface area contributed by atoms with Crippen molar-refractivity contribution >= 4 is 23.4 Å². The van der Waals surface area contributed by atoms with E-state index in [0.29, 0.717) is 5.69 Å². The van der Waals surface area contributed by atoms with Crippen LogP contribution in [0.5, 0.6) is 0 Å². The second kappa shape index (κ2) is 6.47. The topological polar surface area (TPSA) is 72.9 Å². The van der Waals surface area contributed by atoms with E-state index in [9.17, 15) is 9.59 Å². The number of amides is 2. The van der Waals surface area contributed by atoms with Gasteiger partial charge >= 0.3 is 12.0 Å². The molecule has 1 aromatic carbocycles. The van der Waals surface area contributed by atoms with Gasteiger partial charge in [-0.3, -0.25) is 4.79 Å². The summed E-state index contributed by atoms with van der Waals surface area (Å²) in [4.78, 5) is 26.4. The predicted molar refractivity (Wildman–Crippen MR) is 83.9 cm³/mol. The molecule has 0 saturated heterocycles. The van der Waals surface area contributed by atoms with Gasteiger partial charge in [-0.1, -0.05) is 0 Å². The van der Waals surface area contributed by atoms with E-state index >= 15 is 0 Å². The highest BCUT2D eigenvalue weighted by Crippen LogP contribution is 2.18. The molecule has 0 aliphatic carbocycles. The maximum Gasteiger partial charge on any atom is 0.323 e. The number of urea groups is 1. The van der Waals surface area contributed by atoms with Crippen LogP contribution in [0.15, 0.2) is 24.3 Å². The predicted octanol–water partition coefficient (Wildman–Crippen LogP) is 2.47. The second-order valence-corrected chi connectivity index (χ2v) is 6.02. The number of carbonyl (C=O) groups is 2. The molecule has 0 bridgehead atoms. The summed E-state index contributed by atoms with van der Waals surface area (Å²) < 4.78 is 0. The quantitative estimate of drug-likeness (QED) is 0.894. The van der Waals surface area contributed by atoms with E-state index in [4.69, 9.17) is 5.11 Å². The molecule has 0 unspecified atom stereocenters. The van der Waals surface area contributed by atoms with E-state index in [2.05, 4.69) is 5.32 Å². The van der Waals surface area contributed by atoms with Crippen LogP contribution in [0.2, 0.25) is 0 Å². The lowest BCUT2D eigenvalue weighted by Crippen LogP contribution is -2.50. The molecule has 0 spiro atoms. The van der Waals surface area contributed by atoms with Crippen LogP contribution in [-0.2, 0) is 4.79 Å². The van der Waals surface area contributed by atoms with Crippen molar-refractivity contribution in [1.29, 1.82) is 0 Å². The molecule has 1 aromatic rings. The Balaban J connectivity index is 2.84. The maximum atomic E-state index is 12.3. The third kappa shape index (κ3) is 4.98. The Labute approximate surface area is 125 Å². The SMILES string of the molecule is CN(C)c1ccc(NC(=O)N(CC(=O)O)C(C)(C)C)cc1. The molecule has 0 heterocycles. The molecule has 116 valence electrons. The molecule has 0 atom stereocenters. The molecule has 0 aliphatic heterocycles. The number of aliphatic carboxylic acids is 1. The van der Waals surface area contributed by atoms with Crippen LogP contribution in [0.25, 0.3) is 0 Å². The molecule has 2 N–H and O–H groups in total. The zero-order valence-electron chi connectivity index (χ0n) is 13.2. The normalized spacial score (nSPS) is 10.9. The van der Waals surface area contributed by atoms with E-state index < -0.39 is 17.5 Å². The first-order chi connectivity index (χ1) is 9.61. The Hall–Kier alpha value is -2.24. The number of anilines is 2. The van der Waals surface area contributed by atoms with Gasteiger partial charge in [-0.15, -0.1) is 0 Å². The van der Waals surface area contributed by atoms with Crippen LogP contribution < -0.4 is 10.2 Å². The van der Waals surface area contributed by atoms with Gasteiger partial charge in [0.05, 0.1) is 0 Å². The Kier molecular flexibility index (Phi) is 5.18. The number of benzene rings is 1. The highest BCUT2D eigenvalue weighted by atomic mass is 16.4. The van der Waals surface area contributed by atoms with E-state index in [0.717, 1.165) is 5.69 Å². The molecule has 6 nitrogen and oxygen atoms in total. The molecule has 21 heavy (non-hydrogen) atoms. The number of hydrogen-bond donors (Lipinski definition) is 2. The Morgan fingerprint density at radius 2 is 1.67 bits per heavy atom. The maximum absolute atomic E-state index is 12.3. The highest BCUT2D eigenvalue weighted by molar-refractivity contribution is 5.92. The van der Waals surface area contributed by atoms with Crippen molar-refractivity contribution in [2.45, 2.75) is 26.3 Å². The second-order valence-electron chi connectivity index (χ2n) is 6.02. The van der Waals surface area contributed by atoms with Gasteiger partial charge in [-0.25, -0.2) is 4.79 Å². The van der Waals surface area contributed by atoms with Crippen LogP contribution in [0.3, 0.4) is 0 Å². The van der Waals surface area contributed by atoms with Gasteiger partial charge in [-0.2, -0.15) is 0 Å². The Bertz CT molecular complexity index is 504. The van der Waals surface area contributed by atoms with Gasteiger partial charge in [0.25, 0.3) is 0 Å². The largest absolute Gasteiger partial charge is 0.480 e. The minimum atomic E-state index is -1.04. The van der Waals surface area contributed by atoms with Crippen molar-refractivity contribution < 1.29 is 14.7 Å². The third-order valence-electron chi connectivity index (χ3n) is 2.98. The van der Waals surface area contributed by atoms with Crippen molar-refractivity contribution in [3.05, 3.63) is 24.3 Å². The summed E-state index contributed by atoms with van der Waals surface area (Å²) in [7, 11) is 3.86. The number of carbonyl (C=O) groups excluding carboxylic acids is 1. The van der Waals surface area contributed by atoms with Gasteiger partial charge in [0.2, 0.25) is 0 Å². The van der Waals surface area contributed by atoms with Crippen LogP contribution in [0.4, 0.5) is 16.2 Å². The monoisotopic (exact) mass is 293 g/mol. The van der Waals surface area contributed by atoms with Gasteiger partial charge in [-0.05, 0) is 45.0 Å². The van der Waals surface area contributed by atoms with Crippen LogP contribution in [0.1, 0.15) is 20.8 Å². The minimum Gasteiger partial charge on any atom is -0.480 e. The number of hydrogen-bond acceptors (Lipinski definition) is 3.